The van der Waals surface area contributed by atoms with Gasteiger partial charge in [0.1, 0.15) is 6.61 Å². The third-order valence-corrected chi connectivity index (χ3v) is 5.11. The Bertz CT molecular complexity index is 339. The number of fused-ring (bicyclic) bond motifs is 1. The van der Waals surface area contributed by atoms with Gasteiger partial charge in [-0.15, -0.1) is 0 Å². The molecule has 0 aromatic carbocycles. The average molecular weight is 266 g/mol. The Hall–Kier alpha value is -0.610. The Morgan fingerprint density at radius 2 is 2.00 bits per heavy atom. The van der Waals surface area contributed by atoms with Gasteiger partial charge in [-0.2, -0.15) is 0 Å². The Morgan fingerprint density at radius 1 is 1.26 bits per heavy atom. The number of likely N-dealkylation sites (tertiary alicyclic amines) is 1. The summed E-state index contributed by atoms with van der Waals surface area (Å²) in [6.45, 7) is 5.02. The van der Waals surface area contributed by atoms with Crippen LogP contribution in [0, 0.1) is 5.92 Å². The lowest BCUT2D eigenvalue weighted by Gasteiger charge is -2.45. The molecule has 4 nitrogen and oxygen atoms in total. The molecule has 3 aliphatic rings. The van der Waals surface area contributed by atoms with Crippen molar-refractivity contribution in [3.05, 3.63) is 0 Å². The molecule has 19 heavy (non-hydrogen) atoms. The molecule has 0 bridgehead atoms. The van der Waals surface area contributed by atoms with Crippen molar-refractivity contribution in [2.45, 2.75) is 57.1 Å². The molecule has 2 heterocycles. The number of nitrogens with zero attached hydrogens (tertiary/aromatic N) is 1. The maximum absolute atomic E-state index is 12.4. The molecule has 0 aromatic rings. The van der Waals surface area contributed by atoms with Crippen LogP contribution in [0.25, 0.3) is 0 Å². The van der Waals surface area contributed by atoms with Gasteiger partial charge in [-0.3, -0.25) is 4.79 Å². The lowest BCUT2D eigenvalue weighted by molar-refractivity contribution is -0.151. The summed E-state index contributed by atoms with van der Waals surface area (Å²) in [6, 6.07) is 0.505. The molecule has 2 unspecified atom stereocenters. The first-order chi connectivity index (χ1) is 9.18. The number of nitrogens with one attached hydrogen (secondary N) is 1. The minimum Gasteiger partial charge on any atom is -0.363 e. The van der Waals surface area contributed by atoms with E-state index in [1.807, 2.05) is 0 Å². The molecular weight excluding hydrogens is 240 g/mol. The van der Waals surface area contributed by atoms with E-state index in [9.17, 15) is 4.79 Å². The monoisotopic (exact) mass is 266 g/mol. The lowest BCUT2D eigenvalue weighted by atomic mass is 9.78. The van der Waals surface area contributed by atoms with Gasteiger partial charge in [-0.05, 0) is 38.5 Å². The number of carbonyl (C=O) groups is 1. The molecule has 4 heteroatoms. The van der Waals surface area contributed by atoms with Crippen molar-refractivity contribution in [1.29, 1.82) is 0 Å². The molecule has 1 saturated carbocycles. The summed E-state index contributed by atoms with van der Waals surface area (Å²) in [5.74, 6) is 0.970. The minimum atomic E-state index is -0.114. The Morgan fingerprint density at radius 3 is 2.74 bits per heavy atom. The molecule has 1 N–H and O–H groups in total. The number of piperidine rings is 1. The third-order valence-electron chi connectivity index (χ3n) is 5.11. The van der Waals surface area contributed by atoms with Gasteiger partial charge in [0, 0.05) is 25.7 Å². The van der Waals surface area contributed by atoms with Crippen molar-refractivity contribution in [1.82, 2.24) is 10.2 Å². The topological polar surface area (TPSA) is 41.6 Å². The second-order valence-corrected chi connectivity index (χ2v) is 6.68. The molecule has 0 spiro atoms. The molecule has 2 atom stereocenters. The van der Waals surface area contributed by atoms with Crippen LogP contribution in [0.4, 0.5) is 0 Å². The van der Waals surface area contributed by atoms with Crippen molar-refractivity contribution in [3.8, 4) is 0 Å². The summed E-state index contributed by atoms with van der Waals surface area (Å²) >= 11 is 0. The first-order valence-corrected chi connectivity index (χ1v) is 7.82. The Balaban J connectivity index is 1.55. The highest BCUT2D eigenvalue weighted by Crippen LogP contribution is 2.35. The van der Waals surface area contributed by atoms with Gasteiger partial charge in [0.2, 0.25) is 5.91 Å². The molecule has 1 aliphatic carbocycles. The van der Waals surface area contributed by atoms with Gasteiger partial charge in [-0.1, -0.05) is 12.8 Å². The fraction of sp³-hybridized carbons (Fsp3) is 0.933. The number of amides is 1. The second-order valence-electron chi connectivity index (χ2n) is 6.68. The summed E-state index contributed by atoms with van der Waals surface area (Å²) in [4.78, 5) is 14.5. The molecule has 3 fully saturated rings. The SMILES string of the molecule is CC1(OCC(=O)N2CCCC3CCCCC32)CNC1. The Kier molecular flexibility index (Phi) is 3.81. The molecule has 0 radical (unpaired) electrons. The zero-order valence-corrected chi connectivity index (χ0v) is 12.0. The fourth-order valence-electron chi connectivity index (χ4n) is 3.83. The number of hydrogen-bond donors (Lipinski definition) is 1. The van der Waals surface area contributed by atoms with E-state index < -0.39 is 0 Å². The molecule has 2 saturated heterocycles. The highest BCUT2D eigenvalue weighted by atomic mass is 16.5. The summed E-state index contributed by atoms with van der Waals surface area (Å²) < 4.78 is 5.81. The standard InChI is InChI=1S/C15H26N2O2/c1-15(10-16-11-15)19-9-14(18)17-8-4-6-12-5-2-3-7-13(12)17/h12-13,16H,2-11H2,1H3. The van der Waals surface area contributed by atoms with Crippen molar-refractivity contribution >= 4 is 5.91 Å². The second kappa shape index (κ2) is 5.41. The van der Waals surface area contributed by atoms with Gasteiger partial charge in [0.05, 0.1) is 5.60 Å². The van der Waals surface area contributed by atoms with E-state index in [1.165, 1.54) is 38.5 Å². The molecule has 3 rings (SSSR count). The Labute approximate surface area is 115 Å². The van der Waals surface area contributed by atoms with Crippen molar-refractivity contribution in [2.24, 2.45) is 5.92 Å². The smallest absolute Gasteiger partial charge is 0.248 e. The number of ether oxygens (including phenoxy) is 1. The van der Waals surface area contributed by atoms with E-state index in [1.54, 1.807) is 0 Å². The third kappa shape index (κ3) is 2.79. The first kappa shape index (κ1) is 13.4. The highest BCUT2D eigenvalue weighted by Gasteiger charge is 2.37. The first-order valence-electron chi connectivity index (χ1n) is 7.82. The van der Waals surface area contributed by atoms with E-state index >= 15 is 0 Å². The van der Waals surface area contributed by atoms with Crippen LogP contribution in [0.15, 0.2) is 0 Å². The zero-order valence-electron chi connectivity index (χ0n) is 12.0. The van der Waals surface area contributed by atoms with Crippen LogP contribution >= 0.6 is 0 Å². The van der Waals surface area contributed by atoms with Crippen LogP contribution in [0.5, 0.6) is 0 Å². The summed E-state index contributed by atoms with van der Waals surface area (Å²) in [7, 11) is 0. The van der Waals surface area contributed by atoms with Crippen LogP contribution < -0.4 is 5.32 Å². The molecule has 2 aliphatic heterocycles. The van der Waals surface area contributed by atoms with Gasteiger partial charge in [0.25, 0.3) is 0 Å². The van der Waals surface area contributed by atoms with E-state index in [2.05, 4.69) is 17.1 Å². The van der Waals surface area contributed by atoms with E-state index in [0.717, 1.165) is 25.6 Å². The van der Waals surface area contributed by atoms with Crippen LogP contribution in [0.2, 0.25) is 0 Å². The summed E-state index contributed by atoms with van der Waals surface area (Å²) in [6.07, 6.45) is 7.64. The van der Waals surface area contributed by atoms with E-state index in [0.29, 0.717) is 6.04 Å². The highest BCUT2D eigenvalue weighted by molar-refractivity contribution is 5.78. The zero-order chi connectivity index (χ0) is 13.3. The fourth-order valence-corrected chi connectivity index (χ4v) is 3.83. The van der Waals surface area contributed by atoms with Crippen molar-refractivity contribution in [3.63, 3.8) is 0 Å². The van der Waals surface area contributed by atoms with Crippen LogP contribution in [0.3, 0.4) is 0 Å². The quantitative estimate of drug-likeness (QED) is 0.842. The van der Waals surface area contributed by atoms with Crippen molar-refractivity contribution < 1.29 is 9.53 Å². The molecule has 0 aromatic heterocycles. The molecule has 108 valence electrons. The van der Waals surface area contributed by atoms with Gasteiger partial charge in [0.15, 0.2) is 0 Å². The average Bonchev–Trinajstić information content (AvgIpc) is 2.42. The predicted molar refractivity (Wildman–Crippen MR) is 73.9 cm³/mol. The van der Waals surface area contributed by atoms with E-state index in [-0.39, 0.29) is 18.1 Å². The van der Waals surface area contributed by atoms with Gasteiger partial charge in [-0.25, -0.2) is 0 Å². The van der Waals surface area contributed by atoms with E-state index in [4.69, 9.17) is 4.74 Å². The summed E-state index contributed by atoms with van der Waals surface area (Å²) in [5, 5.41) is 3.20. The predicted octanol–water partition coefficient (Wildman–Crippen LogP) is 1.55. The maximum Gasteiger partial charge on any atom is 0.248 e. The van der Waals surface area contributed by atoms with Gasteiger partial charge < -0.3 is 15.0 Å². The molecular formula is C15H26N2O2. The lowest BCUT2D eigenvalue weighted by Crippen LogP contribution is -2.60. The van der Waals surface area contributed by atoms with Crippen LogP contribution in [-0.4, -0.2) is 48.7 Å². The van der Waals surface area contributed by atoms with Crippen LogP contribution in [0.1, 0.15) is 45.4 Å². The molecule has 1 amide bonds. The normalized spacial score (nSPS) is 33.4. The number of carbonyl (C=O) groups excluding carboxylic acids is 1. The minimum absolute atomic E-state index is 0.114. The summed E-state index contributed by atoms with van der Waals surface area (Å²) in [5.41, 5.74) is -0.114. The number of hydrogen-bond acceptors (Lipinski definition) is 3. The van der Waals surface area contributed by atoms with Crippen LogP contribution in [-0.2, 0) is 9.53 Å². The largest absolute Gasteiger partial charge is 0.363 e. The maximum atomic E-state index is 12.4. The van der Waals surface area contributed by atoms with Gasteiger partial charge >= 0.3 is 0 Å². The number of rotatable bonds is 3. The van der Waals surface area contributed by atoms with Crippen molar-refractivity contribution in [2.75, 3.05) is 26.2 Å².